The Balaban J connectivity index is 1.26. The quantitative estimate of drug-likeness (QED) is 0.607. The van der Waals surface area contributed by atoms with Crippen LogP contribution in [0.25, 0.3) is 0 Å². The van der Waals surface area contributed by atoms with E-state index in [0.717, 1.165) is 25.3 Å². The number of benzene rings is 1. The maximum Gasteiger partial charge on any atom is 0.233 e. The molecule has 1 N–H and O–H groups in total. The first-order valence-electron chi connectivity index (χ1n) is 10.2. The van der Waals surface area contributed by atoms with Gasteiger partial charge in [-0.25, -0.2) is 0 Å². The van der Waals surface area contributed by atoms with Crippen LogP contribution < -0.4 is 5.32 Å². The summed E-state index contributed by atoms with van der Waals surface area (Å²) in [4.78, 5) is 40.9. The number of anilines is 1. The van der Waals surface area contributed by atoms with Crippen molar-refractivity contribution in [2.75, 3.05) is 25.0 Å². The molecule has 6 heteroatoms. The van der Waals surface area contributed by atoms with Crippen molar-refractivity contribution in [1.29, 1.82) is 0 Å². The fourth-order valence-corrected chi connectivity index (χ4v) is 4.42. The third-order valence-electron chi connectivity index (χ3n) is 6.00. The van der Waals surface area contributed by atoms with Crippen LogP contribution in [0.3, 0.4) is 0 Å². The van der Waals surface area contributed by atoms with Gasteiger partial charge in [-0.2, -0.15) is 0 Å². The highest BCUT2D eigenvalue weighted by Gasteiger charge is 2.46. The van der Waals surface area contributed by atoms with Gasteiger partial charge in [0.1, 0.15) is 0 Å². The molecule has 3 amide bonds. The molecule has 28 heavy (non-hydrogen) atoms. The van der Waals surface area contributed by atoms with Gasteiger partial charge in [0.05, 0.1) is 11.8 Å². The van der Waals surface area contributed by atoms with E-state index in [1.54, 1.807) is 0 Å². The number of allylic oxidation sites excluding steroid dienone is 2. The minimum absolute atomic E-state index is 0.125. The first kappa shape index (κ1) is 18.9. The normalized spacial score (nSPS) is 24.6. The van der Waals surface area contributed by atoms with Crippen molar-refractivity contribution in [3.8, 4) is 0 Å². The number of nitrogens with one attached hydrogen (secondary N) is 1. The Labute approximate surface area is 165 Å². The Morgan fingerprint density at radius 3 is 2.18 bits per heavy atom. The predicted octanol–water partition coefficient (Wildman–Crippen LogP) is 2.56. The van der Waals surface area contributed by atoms with Gasteiger partial charge in [0, 0.05) is 25.2 Å². The zero-order valence-corrected chi connectivity index (χ0v) is 16.1. The zero-order valence-electron chi connectivity index (χ0n) is 16.1. The molecule has 0 bridgehead atoms. The van der Waals surface area contributed by atoms with Crippen LogP contribution in [0.15, 0.2) is 36.4 Å². The molecule has 2 aliphatic heterocycles. The molecule has 3 aliphatic rings. The van der Waals surface area contributed by atoms with Gasteiger partial charge in [0.15, 0.2) is 0 Å². The Kier molecular flexibility index (Phi) is 5.57. The van der Waals surface area contributed by atoms with E-state index in [1.165, 1.54) is 23.3 Å². The Bertz CT molecular complexity index is 755. The fourth-order valence-electron chi connectivity index (χ4n) is 4.42. The lowest BCUT2D eigenvalue weighted by molar-refractivity contribution is -0.140. The number of hydrogen-bond donors (Lipinski definition) is 1. The highest BCUT2D eigenvalue weighted by atomic mass is 16.2. The van der Waals surface area contributed by atoms with E-state index in [9.17, 15) is 14.4 Å². The van der Waals surface area contributed by atoms with Gasteiger partial charge in [-0.05, 0) is 56.5 Å². The van der Waals surface area contributed by atoms with Gasteiger partial charge < -0.3 is 5.32 Å². The second kappa shape index (κ2) is 8.27. The van der Waals surface area contributed by atoms with Crippen molar-refractivity contribution in [3.05, 3.63) is 42.0 Å². The monoisotopic (exact) mass is 381 g/mol. The number of rotatable bonds is 6. The lowest BCUT2D eigenvalue weighted by Gasteiger charge is -2.15. The summed E-state index contributed by atoms with van der Waals surface area (Å²) in [6.45, 7) is 3.42. The van der Waals surface area contributed by atoms with E-state index in [0.29, 0.717) is 12.8 Å². The van der Waals surface area contributed by atoms with Gasteiger partial charge in [0.2, 0.25) is 17.7 Å². The molecule has 6 nitrogen and oxygen atoms in total. The van der Waals surface area contributed by atoms with Crippen molar-refractivity contribution in [1.82, 2.24) is 9.80 Å². The second-order valence-electron chi connectivity index (χ2n) is 7.96. The van der Waals surface area contributed by atoms with E-state index in [4.69, 9.17) is 0 Å². The molecule has 148 valence electrons. The Morgan fingerprint density at radius 2 is 1.57 bits per heavy atom. The molecule has 2 atom stereocenters. The van der Waals surface area contributed by atoms with Crippen LogP contribution in [0.2, 0.25) is 0 Å². The number of imide groups is 1. The summed E-state index contributed by atoms with van der Waals surface area (Å²) in [5.41, 5.74) is 1.98. The molecule has 0 spiro atoms. The summed E-state index contributed by atoms with van der Waals surface area (Å²) < 4.78 is 0. The minimum atomic E-state index is -0.233. The molecule has 0 radical (unpaired) electrons. The molecule has 2 fully saturated rings. The average molecular weight is 381 g/mol. The molecule has 0 aromatic heterocycles. The van der Waals surface area contributed by atoms with Crippen LogP contribution >= 0.6 is 0 Å². The SMILES string of the molecule is O=C(CCN1C(=O)[C@@H]2CC=CC[C@H]2C1=O)Nc1ccc(CN2CCCC2)cc1. The van der Waals surface area contributed by atoms with Crippen molar-refractivity contribution < 1.29 is 14.4 Å². The summed E-state index contributed by atoms with van der Waals surface area (Å²) in [5.74, 6) is -0.898. The van der Waals surface area contributed by atoms with Crippen molar-refractivity contribution in [2.45, 2.75) is 38.6 Å². The van der Waals surface area contributed by atoms with Gasteiger partial charge in [-0.3, -0.25) is 24.2 Å². The fraction of sp³-hybridized carbons (Fsp3) is 0.500. The second-order valence-corrected chi connectivity index (χ2v) is 7.96. The summed E-state index contributed by atoms with van der Waals surface area (Å²) in [6, 6.07) is 7.91. The first-order valence-corrected chi connectivity index (χ1v) is 10.2. The summed E-state index contributed by atoms with van der Waals surface area (Å²) in [6.07, 6.45) is 7.86. The maximum absolute atomic E-state index is 12.4. The van der Waals surface area contributed by atoms with Gasteiger partial charge in [-0.15, -0.1) is 0 Å². The maximum atomic E-state index is 12.4. The standard InChI is InChI=1S/C22H27N3O3/c26-20(11-14-25-21(27)18-5-1-2-6-19(18)22(25)28)23-17-9-7-16(8-10-17)15-24-12-3-4-13-24/h1-2,7-10,18-19H,3-6,11-15H2,(H,23,26)/t18-,19-/m1/s1. The van der Waals surface area contributed by atoms with E-state index < -0.39 is 0 Å². The number of nitrogens with zero attached hydrogens (tertiary/aromatic N) is 2. The van der Waals surface area contributed by atoms with E-state index in [2.05, 4.69) is 10.2 Å². The minimum Gasteiger partial charge on any atom is -0.326 e. The number of carbonyl (C=O) groups excluding carboxylic acids is 3. The van der Waals surface area contributed by atoms with Crippen LogP contribution in [-0.2, 0) is 20.9 Å². The van der Waals surface area contributed by atoms with Crippen molar-refractivity contribution in [2.24, 2.45) is 11.8 Å². The number of hydrogen-bond acceptors (Lipinski definition) is 4. The number of carbonyl (C=O) groups is 3. The summed E-state index contributed by atoms with van der Waals surface area (Å²) in [5, 5.41) is 2.86. The smallest absolute Gasteiger partial charge is 0.233 e. The van der Waals surface area contributed by atoms with Gasteiger partial charge in [0.25, 0.3) is 0 Å². The van der Waals surface area contributed by atoms with Gasteiger partial charge >= 0.3 is 0 Å². The van der Waals surface area contributed by atoms with Crippen LogP contribution in [0.4, 0.5) is 5.69 Å². The third-order valence-corrected chi connectivity index (χ3v) is 6.00. The molecule has 2 saturated heterocycles. The van der Waals surface area contributed by atoms with E-state index in [-0.39, 0.29) is 42.5 Å². The van der Waals surface area contributed by atoms with E-state index in [1.807, 2.05) is 36.4 Å². The molecule has 2 heterocycles. The molecular formula is C22H27N3O3. The molecule has 0 unspecified atom stereocenters. The highest BCUT2D eigenvalue weighted by molar-refractivity contribution is 6.05. The predicted molar refractivity (Wildman–Crippen MR) is 106 cm³/mol. The van der Waals surface area contributed by atoms with Crippen molar-refractivity contribution in [3.63, 3.8) is 0 Å². The van der Waals surface area contributed by atoms with Crippen LogP contribution in [0.5, 0.6) is 0 Å². The molecule has 4 rings (SSSR count). The van der Waals surface area contributed by atoms with Crippen LogP contribution in [0, 0.1) is 11.8 Å². The Morgan fingerprint density at radius 1 is 0.964 bits per heavy atom. The largest absolute Gasteiger partial charge is 0.326 e. The molecule has 1 aliphatic carbocycles. The molecular weight excluding hydrogens is 354 g/mol. The van der Waals surface area contributed by atoms with Crippen LogP contribution in [-0.4, -0.2) is 47.2 Å². The average Bonchev–Trinajstić information content (AvgIpc) is 3.30. The number of amides is 3. The summed E-state index contributed by atoms with van der Waals surface area (Å²) >= 11 is 0. The third kappa shape index (κ3) is 4.02. The Hall–Kier alpha value is -2.47. The number of fused-ring (bicyclic) bond motifs is 1. The summed E-state index contributed by atoms with van der Waals surface area (Å²) in [7, 11) is 0. The molecule has 1 aromatic carbocycles. The number of likely N-dealkylation sites (tertiary alicyclic amines) is 2. The lowest BCUT2D eigenvalue weighted by atomic mass is 9.85. The van der Waals surface area contributed by atoms with Crippen LogP contribution in [0.1, 0.15) is 37.7 Å². The molecule has 0 saturated carbocycles. The first-order chi connectivity index (χ1) is 13.6. The van der Waals surface area contributed by atoms with Crippen molar-refractivity contribution >= 4 is 23.4 Å². The van der Waals surface area contributed by atoms with E-state index >= 15 is 0 Å². The van der Waals surface area contributed by atoms with Gasteiger partial charge in [-0.1, -0.05) is 24.3 Å². The highest BCUT2D eigenvalue weighted by Crippen LogP contribution is 2.35. The topological polar surface area (TPSA) is 69.7 Å². The zero-order chi connectivity index (χ0) is 19.5. The lowest BCUT2D eigenvalue weighted by Crippen LogP contribution is -2.34. The molecule has 1 aromatic rings.